The van der Waals surface area contributed by atoms with Crippen molar-refractivity contribution in [1.82, 2.24) is 20.1 Å². The van der Waals surface area contributed by atoms with E-state index >= 15 is 0 Å². The van der Waals surface area contributed by atoms with Crippen LogP contribution < -0.4 is 5.32 Å². The van der Waals surface area contributed by atoms with Crippen molar-refractivity contribution in [1.29, 1.82) is 0 Å². The van der Waals surface area contributed by atoms with Gasteiger partial charge in [-0.1, -0.05) is 30.3 Å². The minimum atomic E-state index is -0.168. The Morgan fingerprint density at radius 2 is 2.04 bits per heavy atom. The average molecular weight is 362 g/mol. The second kappa shape index (κ2) is 7.09. The van der Waals surface area contributed by atoms with Gasteiger partial charge in [-0.05, 0) is 36.6 Å². The highest BCUT2D eigenvalue weighted by Gasteiger charge is 2.10. The van der Waals surface area contributed by atoms with Gasteiger partial charge >= 0.3 is 0 Å². The van der Waals surface area contributed by atoms with Crippen molar-refractivity contribution in [2.45, 2.75) is 13.5 Å². The van der Waals surface area contributed by atoms with Crippen LogP contribution >= 0.6 is 11.3 Å². The molecule has 0 aliphatic carbocycles. The number of hydrogen-bond donors (Lipinski definition) is 1. The Hall–Kier alpha value is -2.99. The van der Waals surface area contributed by atoms with Gasteiger partial charge in [-0.25, -0.2) is 4.98 Å². The SMILES string of the molecule is Cc1cc(-c2cccs2)nn1CCNC(=O)c1ccc2ccccc2n1. The lowest BCUT2D eigenvalue weighted by Gasteiger charge is -2.07. The molecule has 1 aromatic carbocycles. The molecule has 0 unspecified atom stereocenters. The molecule has 1 amide bonds. The van der Waals surface area contributed by atoms with Gasteiger partial charge in [0.1, 0.15) is 11.4 Å². The van der Waals surface area contributed by atoms with Crippen LogP contribution in [0.1, 0.15) is 16.2 Å². The van der Waals surface area contributed by atoms with Crippen LogP contribution in [0.4, 0.5) is 0 Å². The quantitative estimate of drug-likeness (QED) is 0.586. The summed E-state index contributed by atoms with van der Waals surface area (Å²) >= 11 is 1.67. The molecule has 0 bridgehead atoms. The van der Waals surface area contributed by atoms with Crippen molar-refractivity contribution in [3.63, 3.8) is 0 Å². The number of fused-ring (bicyclic) bond motifs is 1. The molecule has 0 atom stereocenters. The lowest BCUT2D eigenvalue weighted by molar-refractivity contribution is 0.0947. The van der Waals surface area contributed by atoms with Gasteiger partial charge in [-0.2, -0.15) is 5.10 Å². The van der Waals surface area contributed by atoms with E-state index in [0.29, 0.717) is 18.8 Å². The van der Waals surface area contributed by atoms with Crippen LogP contribution in [0.25, 0.3) is 21.5 Å². The Labute approximate surface area is 155 Å². The summed E-state index contributed by atoms with van der Waals surface area (Å²) in [6.07, 6.45) is 0. The van der Waals surface area contributed by atoms with Gasteiger partial charge in [0.05, 0.1) is 16.9 Å². The van der Waals surface area contributed by atoms with Crippen LogP contribution in [-0.4, -0.2) is 27.2 Å². The molecule has 0 aliphatic rings. The van der Waals surface area contributed by atoms with Gasteiger partial charge in [-0.3, -0.25) is 9.48 Å². The zero-order valence-corrected chi connectivity index (χ0v) is 15.2. The van der Waals surface area contributed by atoms with E-state index in [1.54, 1.807) is 17.4 Å². The molecule has 0 saturated heterocycles. The van der Waals surface area contributed by atoms with Gasteiger partial charge in [0.15, 0.2) is 0 Å². The molecule has 1 N–H and O–H groups in total. The third-order valence-corrected chi connectivity index (χ3v) is 5.09. The van der Waals surface area contributed by atoms with Crippen LogP contribution in [-0.2, 0) is 6.54 Å². The Morgan fingerprint density at radius 3 is 2.88 bits per heavy atom. The van der Waals surface area contributed by atoms with E-state index in [-0.39, 0.29) is 5.91 Å². The predicted molar refractivity (Wildman–Crippen MR) is 104 cm³/mol. The second-order valence-electron chi connectivity index (χ2n) is 6.02. The Morgan fingerprint density at radius 1 is 1.15 bits per heavy atom. The number of carbonyl (C=O) groups is 1. The zero-order chi connectivity index (χ0) is 17.9. The minimum Gasteiger partial charge on any atom is -0.349 e. The highest BCUT2D eigenvalue weighted by Crippen LogP contribution is 2.23. The molecule has 26 heavy (non-hydrogen) atoms. The van der Waals surface area contributed by atoms with E-state index in [1.807, 2.05) is 53.4 Å². The molecule has 0 aliphatic heterocycles. The van der Waals surface area contributed by atoms with Gasteiger partial charge in [0.25, 0.3) is 5.91 Å². The standard InChI is InChI=1S/C20H18N4OS/c1-14-13-18(19-7-4-12-26-19)23-24(14)11-10-21-20(25)17-9-8-15-5-2-3-6-16(15)22-17/h2-9,12-13H,10-11H2,1H3,(H,21,25). The third kappa shape index (κ3) is 3.36. The monoisotopic (exact) mass is 362 g/mol. The summed E-state index contributed by atoms with van der Waals surface area (Å²) < 4.78 is 1.92. The fourth-order valence-electron chi connectivity index (χ4n) is 2.84. The number of aryl methyl sites for hydroxylation is 1. The molecule has 3 aromatic heterocycles. The average Bonchev–Trinajstić information content (AvgIpc) is 3.31. The summed E-state index contributed by atoms with van der Waals surface area (Å²) in [5.74, 6) is -0.168. The van der Waals surface area contributed by atoms with Crippen LogP contribution in [0.3, 0.4) is 0 Å². The first kappa shape index (κ1) is 16.5. The summed E-state index contributed by atoms with van der Waals surface area (Å²) in [6, 6.07) is 17.6. The number of nitrogens with one attached hydrogen (secondary N) is 1. The molecule has 0 fully saturated rings. The van der Waals surface area contributed by atoms with Gasteiger partial charge in [0, 0.05) is 17.6 Å². The summed E-state index contributed by atoms with van der Waals surface area (Å²) in [5, 5.41) is 10.6. The maximum atomic E-state index is 12.4. The van der Waals surface area contributed by atoms with Crippen molar-refractivity contribution in [2.24, 2.45) is 0 Å². The Bertz CT molecular complexity index is 1050. The zero-order valence-electron chi connectivity index (χ0n) is 14.3. The number of rotatable bonds is 5. The molecular weight excluding hydrogens is 344 g/mol. The van der Waals surface area contributed by atoms with Crippen LogP contribution in [0.2, 0.25) is 0 Å². The Balaban J connectivity index is 1.40. The van der Waals surface area contributed by atoms with Crippen molar-refractivity contribution >= 4 is 28.1 Å². The van der Waals surface area contributed by atoms with Gasteiger partial charge in [0.2, 0.25) is 0 Å². The normalized spacial score (nSPS) is 11.0. The number of pyridine rings is 1. The Kier molecular flexibility index (Phi) is 4.50. The fourth-order valence-corrected chi connectivity index (χ4v) is 3.52. The van der Waals surface area contributed by atoms with Gasteiger partial charge < -0.3 is 5.32 Å². The minimum absolute atomic E-state index is 0.168. The first-order valence-corrected chi connectivity index (χ1v) is 9.31. The molecular formula is C20H18N4OS. The number of para-hydroxylation sites is 1. The number of thiophene rings is 1. The summed E-state index contributed by atoms with van der Waals surface area (Å²) in [7, 11) is 0. The van der Waals surface area contributed by atoms with Crippen molar-refractivity contribution in [2.75, 3.05) is 6.54 Å². The fraction of sp³-hybridized carbons (Fsp3) is 0.150. The number of benzene rings is 1. The summed E-state index contributed by atoms with van der Waals surface area (Å²) in [6.45, 7) is 3.15. The predicted octanol–water partition coefficient (Wildman–Crippen LogP) is 3.90. The van der Waals surface area contributed by atoms with Gasteiger partial charge in [-0.15, -0.1) is 11.3 Å². The number of amides is 1. The van der Waals surface area contributed by atoms with E-state index in [0.717, 1.165) is 27.2 Å². The highest BCUT2D eigenvalue weighted by molar-refractivity contribution is 7.13. The summed E-state index contributed by atoms with van der Waals surface area (Å²) in [5.41, 5.74) is 3.30. The van der Waals surface area contributed by atoms with Crippen LogP contribution in [0.15, 0.2) is 60.0 Å². The molecule has 0 saturated carbocycles. The molecule has 3 heterocycles. The third-order valence-electron chi connectivity index (χ3n) is 4.20. The lowest BCUT2D eigenvalue weighted by atomic mass is 10.2. The molecule has 6 heteroatoms. The first-order valence-electron chi connectivity index (χ1n) is 8.43. The van der Waals surface area contributed by atoms with Crippen molar-refractivity contribution < 1.29 is 4.79 Å². The van der Waals surface area contributed by atoms with Crippen molar-refractivity contribution in [3.8, 4) is 10.6 Å². The van der Waals surface area contributed by atoms with E-state index < -0.39 is 0 Å². The van der Waals surface area contributed by atoms with E-state index in [2.05, 4.69) is 27.5 Å². The maximum Gasteiger partial charge on any atom is 0.269 e. The molecule has 0 spiro atoms. The van der Waals surface area contributed by atoms with E-state index in [4.69, 9.17) is 0 Å². The molecule has 130 valence electrons. The molecule has 4 rings (SSSR count). The van der Waals surface area contributed by atoms with Crippen LogP contribution in [0.5, 0.6) is 0 Å². The number of hydrogen-bond acceptors (Lipinski definition) is 4. The molecule has 4 aromatic rings. The van der Waals surface area contributed by atoms with Crippen LogP contribution in [0, 0.1) is 6.92 Å². The number of aromatic nitrogens is 3. The first-order chi connectivity index (χ1) is 12.7. The molecule has 0 radical (unpaired) electrons. The van der Waals surface area contributed by atoms with E-state index in [1.165, 1.54) is 0 Å². The topological polar surface area (TPSA) is 59.8 Å². The largest absolute Gasteiger partial charge is 0.349 e. The number of carbonyl (C=O) groups excluding carboxylic acids is 1. The highest BCUT2D eigenvalue weighted by atomic mass is 32.1. The summed E-state index contributed by atoms with van der Waals surface area (Å²) in [4.78, 5) is 17.9. The molecule has 5 nitrogen and oxygen atoms in total. The second-order valence-corrected chi connectivity index (χ2v) is 6.96. The maximum absolute atomic E-state index is 12.4. The van der Waals surface area contributed by atoms with E-state index in [9.17, 15) is 4.79 Å². The smallest absolute Gasteiger partial charge is 0.269 e. The number of nitrogens with zero attached hydrogens (tertiary/aromatic N) is 3. The lowest BCUT2D eigenvalue weighted by Crippen LogP contribution is -2.28. The van der Waals surface area contributed by atoms with Crippen molar-refractivity contribution in [3.05, 3.63) is 71.4 Å².